The minimum atomic E-state index is -4.89. The minimum Gasteiger partial charge on any atom is -0.370 e. The molecule has 2 atom stereocenters. The van der Waals surface area contributed by atoms with Gasteiger partial charge in [-0.25, -0.2) is 0 Å². The summed E-state index contributed by atoms with van der Waals surface area (Å²) in [6.07, 6.45) is 0. The fourth-order valence-corrected chi connectivity index (χ4v) is 1.12. The van der Waals surface area contributed by atoms with Crippen LogP contribution in [0.4, 0.5) is 0 Å². The summed E-state index contributed by atoms with van der Waals surface area (Å²) < 4.78 is 20.3. The van der Waals surface area contributed by atoms with E-state index in [1.54, 1.807) is 0 Å². The Hall–Kier alpha value is 0.300. The number of hydrogen-bond acceptors (Lipinski definition) is 3. The Kier molecular flexibility index (Phi) is 2.82. The predicted octanol–water partition coefficient (Wildman–Crippen LogP) is -0.703. The maximum atomic E-state index is 10.2. The van der Waals surface area contributed by atoms with Crippen LogP contribution < -0.4 is 0 Å². The molecule has 0 radical (unpaired) electrons. The SMILES string of the molecule is CC(O)([PH](=O)O)P(=O)(O)O. The zero-order valence-corrected chi connectivity index (χ0v) is 6.95. The van der Waals surface area contributed by atoms with Crippen LogP contribution in [0, 0.1) is 0 Å². The highest BCUT2D eigenvalue weighted by molar-refractivity contribution is 7.66. The van der Waals surface area contributed by atoms with Gasteiger partial charge in [0, 0.05) is 0 Å². The van der Waals surface area contributed by atoms with Crippen LogP contribution >= 0.6 is 15.6 Å². The predicted molar refractivity (Wildman–Crippen MR) is 33.9 cm³/mol. The zero-order valence-electron chi connectivity index (χ0n) is 5.05. The molecule has 0 aliphatic heterocycles. The van der Waals surface area contributed by atoms with Gasteiger partial charge in [-0.2, -0.15) is 0 Å². The third-order valence-corrected chi connectivity index (χ3v) is 4.36. The van der Waals surface area contributed by atoms with E-state index < -0.39 is 20.7 Å². The molecule has 0 heterocycles. The topological polar surface area (TPSA) is 115 Å². The molecule has 8 heteroatoms. The molecule has 0 aliphatic rings. The third-order valence-electron chi connectivity index (χ3n) is 0.972. The molecule has 2 unspecified atom stereocenters. The molecule has 0 rings (SSSR count). The monoisotopic (exact) mass is 190 g/mol. The molecule has 0 saturated carbocycles. The van der Waals surface area contributed by atoms with Crippen LogP contribution in [0.25, 0.3) is 0 Å². The van der Waals surface area contributed by atoms with Gasteiger partial charge < -0.3 is 19.8 Å². The Balaban J connectivity index is 4.75. The minimum absolute atomic E-state index is 0.620. The van der Waals surface area contributed by atoms with Gasteiger partial charge in [-0.15, -0.1) is 0 Å². The maximum Gasteiger partial charge on any atom is 0.366 e. The van der Waals surface area contributed by atoms with Gasteiger partial charge in [-0.1, -0.05) is 0 Å². The first kappa shape index (κ1) is 10.3. The van der Waals surface area contributed by atoms with E-state index in [0.717, 1.165) is 0 Å². The van der Waals surface area contributed by atoms with Crippen LogP contribution in [0.2, 0.25) is 0 Å². The molecule has 6 nitrogen and oxygen atoms in total. The number of aliphatic hydroxyl groups is 1. The second kappa shape index (κ2) is 2.74. The van der Waals surface area contributed by atoms with Crippen LogP contribution in [0.1, 0.15) is 6.92 Å². The van der Waals surface area contributed by atoms with E-state index in [1.807, 2.05) is 0 Å². The van der Waals surface area contributed by atoms with E-state index >= 15 is 0 Å². The Morgan fingerprint density at radius 1 is 1.50 bits per heavy atom. The first-order valence-corrected chi connectivity index (χ1v) is 5.18. The summed E-state index contributed by atoms with van der Waals surface area (Å²) >= 11 is 0. The highest BCUT2D eigenvalue weighted by Gasteiger charge is 2.45. The average molecular weight is 190 g/mol. The van der Waals surface area contributed by atoms with Gasteiger partial charge in [0.05, 0.1) is 0 Å². The van der Waals surface area contributed by atoms with Gasteiger partial charge in [0.25, 0.3) is 0 Å². The Morgan fingerprint density at radius 3 is 1.80 bits per heavy atom. The number of hydrogen-bond donors (Lipinski definition) is 4. The number of rotatable bonds is 2. The van der Waals surface area contributed by atoms with Crippen molar-refractivity contribution in [2.75, 3.05) is 0 Å². The molecule has 4 N–H and O–H groups in total. The standard InChI is InChI=1S/C2H8O6P2/c1-2(3,9(4)5)10(6,7)8/h3,9H,1H3,(H,4,5)(H2,6,7,8). The smallest absolute Gasteiger partial charge is 0.366 e. The van der Waals surface area contributed by atoms with Gasteiger partial charge in [-0.05, 0) is 6.92 Å². The summed E-state index contributed by atoms with van der Waals surface area (Å²) in [5.41, 5.74) is 0. The molecule has 0 aromatic carbocycles. The first-order chi connectivity index (χ1) is 4.19. The second-order valence-electron chi connectivity index (χ2n) is 1.87. The second-order valence-corrected chi connectivity index (χ2v) is 5.83. The Bertz CT molecular complexity index is 190. The zero-order chi connectivity index (χ0) is 8.58. The van der Waals surface area contributed by atoms with E-state index in [2.05, 4.69) is 0 Å². The van der Waals surface area contributed by atoms with E-state index in [1.165, 1.54) is 0 Å². The summed E-state index contributed by atoms with van der Waals surface area (Å²) in [6.45, 7) is 0.620. The van der Waals surface area contributed by atoms with Gasteiger partial charge in [0.1, 0.15) is 0 Å². The lowest BCUT2D eigenvalue weighted by Gasteiger charge is -2.19. The largest absolute Gasteiger partial charge is 0.370 e. The molecular weight excluding hydrogens is 182 g/mol. The summed E-state index contributed by atoms with van der Waals surface area (Å²) in [4.78, 5) is 24.7. The molecule has 0 bridgehead atoms. The van der Waals surface area contributed by atoms with E-state index in [4.69, 9.17) is 19.8 Å². The molecule has 0 fully saturated rings. The van der Waals surface area contributed by atoms with Crippen molar-refractivity contribution in [3.8, 4) is 0 Å². The van der Waals surface area contributed by atoms with Gasteiger partial charge in [0.15, 0.2) is 0 Å². The summed E-state index contributed by atoms with van der Waals surface area (Å²) in [5.74, 6) is 0. The Labute approximate surface area is 57.5 Å². The van der Waals surface area contributed by atoms with Crippen molar-refractivity contribution >= 4 is 15.6 Å². The van der Waals surface area contributed by atoms with Gasteiger partial charge >= 0.3 is 7.60 Å². The van der Waals surface area contributed by atoms with Gasteiger partial charge in [-0.3, -0.25) is 9.13 Å². The highest BCUT2D eigenvalue weighted by atomic mass is 31.2. The lowest BCUT2D eigenvalue weighted by Crippen LogP contribution is -2.18. The molecule has 0 aliphatic carbocycles. The fraction of sp³-hybridized carbons (Fsp3) is 1.00. The maximum absolute atomic E-state index is 10.2. The van der Waals surface area contributed by atoms with Crippen LogP contribution in [0.5, 0.6) is 0 Å². The first-order valence-electron chi connectivity index (χ1n) is 2.21. The molecular formula is C2H8O6P2. The van der Waals surface area contributed by atoms with Crippen molar-refractivity contribution in [1.82, 2.24) is 0 Å². The third kappa shape index (κ3) is 1.89. The molecule has 10 heavy (non-hydrogen) atoms. The van der Waals surface area contributed by atoms with E-state index in [-0.39, 0.29) is 0 Å². The lowest BCUT2D eigenvalue weighted by molar-refractivity contribution is 0.171. The van der Waals surface area contributed by atoms with Crippen molar-refractivity contribution in [2.45, 2.75) is 12.0 Å². The molecule has 0 amide bonds. The average Bonchev–Trinajstić information content (AvgIpc) is 1.62. The molecule has 0 aromatic rings. The van der Waals surface area contributed by atoms with Crippen LogP contribution in [0.3, 0.4) is 0 Å². The lowest BCUT2D eigenvalue weighted by atomic mass is 10.9. The quantitative estimate of drug-likeness (QED) is 0.428. The van der Waals surface area contributed by atoms with E-state index in [9.17, 15) is 9.13 Å². The van der Waals surface area contributed by atoms with Crippen LogP contribution in [0.15, 0.2) is 0 Å². The van der Waals surface area contributed by atoms with Crippen molar-refractivity contribution in [3.05, 3.63) is 0 Å². The summed E-state index contributed by atoms with van der Waals surface area (Å²) in [7, 11) is -8.51. The van der Waals surface area contributed by atoms with Crippen molar-refractivity contribution in [3.63, 3.8) is 0 Å². The van der Waals surface area contributed by atoms with Gasteiger partial charge in [0.2, 0.25) is 13.1 Å². The van der Waals surface area contributed by atoms with Crippen molar-refractivity contribution in [1.29, 1.82) is 0 Å². The molecule has 0 spiro atoms. The van der Waals surface area contributed by atoms with E-state index in [0.29, 0.717) is 6.92 Å². The van der Waals surface area contributed by atoms with Crippen molar-refractivity contribution < 1.29 is 28.9 Å². The van der Waals surface area contributed by atoms with Crippen molar-refractivity contribution in [2.24, 2.45) is 0 Å². The highest BCUT2D eigenvalue weighted by Crippen LogP contribution is 2.59. The molecule has 62 valence electrons. The normalized spacial score (nSPS) is 21.7. The Morgan fingerprint density at radius 2 is 1.80 bits per heavy atom. The summed E-state index contributed by atoms with van der Waals surface area (Å²) in [6, 6.07) is 0. The summed E-state index contributed by atoms with van der Waals surface area (Å²) in [5, 5.41) is 5.85. The van der Waals surface area contributed by atoms with Crippen LogP contribution in [-0.4, -0.2) is 24.9 Å². The fourth-order valence-electron chi connectivity index (χ4n) is 0.125. The molecule has 0 saturated heterocycles. The van der Waals surface area contributed by atoms with Crippen LogP contribution in [-0.2, 0) is 9.13 Å². The molecule has 0 aromatic heterocycles.